The van der Waals surface area contributed by atoms with Gasteiger partial charge in [0.1, 0.15) is 0 Å². The van der Waals surface area contributed by atoms with Crippen molar-refractivity contribution in [2.75, 3.05) is 26.2 Å². The van der Waals surface area contributed by atoms with E-state index in [0.717, 1.165) is 38.6 Å². The molecule has 4 nitrogen and oxygen atoms in total. The van der Waals surface area contributed by atoms with Crippen LogP contribution in [0.1, 0.15) is 29.7 Å². The molecule has 2 heterocycles. The van der Waals surface area contributed by atoms with Crippen molar-refractivity contribution < 1.29 is 0 Å². The van der Waals surface area contributed by atoms with E-state index in [2.05, 4.69) is 29.0 Å². The highest BCUT2D eigenvalue weighted by atomic mass is 127. The Labute approximate surface area is 136 Å². The van der Waals surface area contributed by atoms with Crippen molar-refractivity contribution in [3.63, 3.8) is 0 Å². The van der Waals surface area contributed by atoms with Gasteiger partial charge in [-0.05, 0) is 26.7 Å². The number of thiazole rings is 1. The van der Waals surface area contributed by atoms with Crippen LogP contribution in [0.2, 0.25) is 0 Å². The summed E-state index contributed by atoms with van der Waals surface area (Å²) in [6, 6.07) is 0. The van der Waals surface area contributed by atoms with E-state index in [4.69, 9.17) is 4.99 Å². The molecule has 0 radical (unpaired) electrons. The minimum absolute atomic E-state index is 0. The smallest absolute Gasteiger partial charge is 0.193 e. The van der Waals surface area contributed by atoms with Crippen molar-refractivity contribution in [2.24, 2.45) is 4.99 Å². The molecule has 0 atom stereocenters. The molecule has 1 aromatic heterocycles. The number of hydrogen-bond acceptors (Lipinski definition) is 3. The van der Waals surface area contributed by atoms with Crippen LogP contribution in [-0.2, 0) is 6.42 Å². The zero-order valence-corrected chi connectivity index (χ0v) is 14.8. The Bertz CT molecular complexity index is 399. The molecule has 0 unspecified atom stereocenters. The highest BCUT2D eigenvalue weighted by molar-refractivity contribution is 14.0. The van der Waals surface area contributed by atoms with Crippen LogP contribution in [0, 0.1) is 6.92 Å². The standard InChI is InChI=1S/C13H22N4S.HI/c1-3-14-13(17-8-4-5-9-17)15-7-6-12-16-10-11(2)18-12;/h10H,3-9H2,1-2H3,(H,14,15);1H. The Balaban J connectivity index is 0.00000180. The fourth-order valence-corrected chi connectivity index (χ4v) is 2.91. The first-order valence-corrected chi connectivity index (χ1v) is 7.56. The van der Waals surface area contributed by atoms with E-state index in [9.17, 15) is 0 Å². The summed E-state index contributed by atoms with van der Waals surface area (Å²) in [7, 11) is 0. The van der Waals surface area contributed by atoms with Crippen molar-refractivity contribution in [3.05, 3.63) is 16.1 Å². The summed E-state index contributed by atoms with van der Waals surface area (Å²) in [6.07, 6.45) is 5.46. The molecule has 0 aromatic carbocycles. The molecule has 1 aliphatic heterocycles. The van der Waals surface area contributed by atoms with Gasteiger partial charge in [-0.25, -0.2) is 4.98 Å². The van der Waals surface area contributed by atoms with Crippen LogP contribution in [0.15, 0.2) is 11.2 Å². The molecule has 0 saturated carbocycles. The monoisotopic (exact) mass is 394 g/mol. The molecule has 6 heteroatoms. The van der Waals surface area contributed by atoms with E-state index < -0.39 is 0 Å². The van der Waals surface area contributed by atoms with Gasteiger partial charge in [0, 0.05) is 43.7 Å². The Morgan fingerprint density at radius 3 is 2.79 bits per heavy atom. The summed E-state index contributed by atoms with van der Waals surface area (Å²) >= 11 is 1.77. The zero-order valence-electron chi connectivity index (χ0n) is 11.7. The van der Waals surface area contributed by atoms with Crippen LogP contribution in [0.4, 0.5) is 0 Å². The molecule has 19 heavy (non-hydrogen) atoms. The summed E-state index contributed by atoms with van der Waals surface area (Å²) in [6.45, 7) is 8.26. The summed E-state index contributed by atoms with van der Waals surface area (Å²) < 4.78 is 0. The topological polar surface area (TPSA) is 40.5 Å². The van der Waals surface area contributed by atoms with E-state index in [1.54, 1.807) is 11.3 Å². The van der Waals surface area contributed by atoms with Gasteiger partial charge in [-0.3, -0.25) is 4.99 Å². The lowest BCUT2D eigenvalue weighted by atomic mass is 10.4. The lowest BCUT2D eigenvalue weighted by Crippen LogP contribution is -2.39. The van der Waals surface area contributed by atoms with Crippen LogP contribution in [0.3, 0.4) is 0 Å². The van der Waals surface area contributed by atoms with Crippen LogP contribution in [0.5, 0.6) is 0 Å². The van der Waals surface area contributed by atoms with E-state index in [-0.39, 0.29) is 24.0 Å². The van der Waals surface area contributed by atoms with E-state index in [1.165, 1.54) is 22.7 Å². The second-order valence-corrected chi connectivity index (χ2v) is 5.86. The number of nitrogens with one attached hydrogen (secondary N) is 1. The van der Waals surface area contributed by atoms with Crippen LogP contribution >= 0.6 is 35.3 Å². The summed E-state index contributed by atoms with van der Waals surface area (Å²) in [5, 5.41) is 4.56. The van der Waals surface area contributed by atoms with Gasteiger partial charge in [0.15, 0.2) is 5.96 Å². The summed E-state index contributed by atoms with van der Waals surface area (Å²) in [4.78, 5) is 12.7. The van der Waals surface area contributed by atoms with Crippen molar-refractivity contribution in [3.8, 4) is 0 Å². The molecule has 0 spiro atoms. The van der Waals surface area contributed by atoms with Crippen molar-refractivity contribution in [1.29, 1.82) is 0 Å². The minimum atomic E-state index is 0. The number of rotatable bonds is 4. The van der Waals surface area contributed by atoms with Crippen LogP contribution in [0.25, 0.3) is 0 Å². The fraction of sp³-hybridized carbons (Fsp3) is 0.692. The Morgan fingerprint density at radius 1 is 1.47 bits per heavy atom. The molecule has 0 amide bonds. The maximum Gasteiger partial charge on any atom is 0.193 e. The van der Waals surface area contributed by atoms with Gasteiger partial charge in [-0.1, -0.05) is 0 Å². The zero-order chi connectivity index (χ0) is 12.8. The molecule has 0 bridgehead atoms. The number of aryl methyl sites for hydroxylation is 1. The van der Waals surface area contributed by atoms with E-state index in [0.29, 0.717) is 0 Å². The first-order chi connectivity index (χ1) is 8.79. The van der Waals surface area contributed by atoms with Gasteiger partial charge in [0.2, 0.25) is 0 Å². The summed E-state index contributed by atoms with van der Waals surface area (Å²) in [5.41, 5.74) is 0. The molecule has 2 rings (SSSR count). The summed E-state index contributed by atoms with van der Waals surface area (Å²) in [5.74, 6) is 1.07. The van der Waals surface area contributed by atoms with Crippen LogP contribution in [-0.4, -0.2) is 42.0 Å². The lowest BCUT2D eigenvalue weighted by molar-refractivity contribution is 0.494. The quantitative estimate of drug-likeness (QED) is 0.485. The number of nitrogens with zero attached hydrogens (tertiary/aromatic N) is 3. The number of halogens is 1. The maximum absolute atomic E-state index is 4.70. The third-order valence-electron chi connectivity index (χ3n) is 3.00. The molecular weight excluding hydrogens is 371 g/mol. The molecular formula is C13H23IN4S. The Morgan fingerprint density at radius 2 is 2.21 bits per heavy atom. The van der Waals surface area contributed by atoms with E-state index in [1.807, 2.05) is 6.20 Å². The number of aromatic nitrogens is 1. The predicted molar refractivity (Wildman–Crippen MR) is 92.8 cm³/mol. The van der Waals surface area contributed by atoms with Gasteiger partial charge in [-0.15, -0.1) is 35.3 Å². The van der Waals surface area contributed by atoms with Gasteiger partial charge in [0.05, 0.1) is 5.01 Å². The van der Waals surface area contributed by atoms with E-state index >= 15 is 0 Å². The van der Waals surface area contributed by atoms with Gasteiger partial charge in [-0.2, -0.15) is 0 Å². The maximum atomic E-state index is 4.70. The first-order valence-electron chi connectivity index (χ1n) is 6.74. The Hall–Kier alpha value is -0.370. The highest BCUT2D eigenvalue weighted by Gasteiger charge is 2.15. The molecule has 1 N–H and O–H groups in total. The predicted octanol–water partition coefficient (Wildman–Crippen LogP) is 2.67. The number of hydrogen-bond donors (Lipinski definition) is 1. The second-order valence-electron chi connectivity index (χ2n) is 4.54. The lowest BCUT2D eigenvalue weighted by Gasteiger charge is -2.20. The van der Waals surface area contributed by atoms with Crippen LogP contribution < -0.4 is 5.32 Å². The molecule has 1 fully saturated rings. The van der Waals surface area contributed by atoms with Crippen molar-refractivity contribution >= 4 is 41.3 Å². The molecule has 1 aliphatic rings. The van der Waals surface area contributed by atoms with Gasteiger partial charge < -0.3 is 10.2 Å². The van der Waals surface area contributed by atoms with Gasteiger partial charge >= 0.3 is 0 Å². The minimum Gasteiger partial charge on any atom is -0.357 e. The average molecular weight is 394 g/mol. The Kier molecular flexibility index (Phi) is 7.67. The van der Waals surface area contributed by atoms with Crippen molar-refractivity contribution in [2.45, 2.75) is 33.1 Å². The largest absolute Gasteiger partial charge is 0.357 e. The molecule has 1 aromatic rings. The SMILES string of the molecule is CCNC(=NCCc1ncc(C)s1)N1CCCC1.I. The number of guanidine groups is 1. The van der Waals surface area contributed by atoms with Crippen molar-refractivity contribution in [1.82, 2.24) is 15.2 Å². The molecule has 108 valence electrons. The molecule has 1 saturated heterocycles. The van der Waals surface area contributed by atoms with Gasteiger partial charge in [0.25, 0.3) is 0 Å². The second kappa shape index (κ2) is 8.73. The normalized spacial score (nSPS) is 15.5. The number of aliphatic imine (C=N–C) groups is 1. The molecule has 0 aliphatic carbocycles. The third kappa shape index (κ3) is 5.25. The first kappa shape index (κ1) is 16.7. The average Bonchev–Trinajstić information content (AvgIpc) is 2.99. The highest BCUT2D eigenvalue weighted by Crippen LogP contribution is 2.12. The fourth-order valence-electron chi connectivity index (χ4n) is 2.13. The third-order valence-corrected chi connectivity index (χ3v) is 3.97. The number of likely N-dealkylation sites (tertiary alicyclic amines) is 1.